The second kappa shape index (κ2) is 7.45. The fourth-order valence-corrected chi connectivity index (χ4v) is 3.44. The molecule has 1 aliphatic heterocycles. The van der Waals surface area contributed by atoms with E-state index in [2.05, 4.69) is 15.3 Å². The van der Waals surface area contributed by atoms with Crippen molar-refractivity contribution in [3.05, 3.63) is 78.1 Å². The van der Waals surface area contributed by atoms with Crippen molar-refractivity contribution in [1.82, 2.24) is 20.2 Å². The summed E-state index contributed by atoms with van der Waals surface area (Å²) in [5.41, 5.74) is 2.30. The van der Waals surface area contributed by atoms with E-state index in [1.165, 1.54) is 0 Å². The molecule has 136 valence electrons. The highest BCUT2D eigenvalue weighted by atomic mass is 16.2. The summed E-state index contributed by atoms with van der Waals surface area (Å²) in [6, 6.07) is 16.6. The lowest BCUT2D eigenvalue weighted by Crippen LogP contribution is -2.58. The maximum absolute atomic E-state index is 13.4. The molecule has 0 radical (unpaired) electrons. The summed E-state index contributed by atoms with van der Waals surface area (Å²) in [4.78, 5) is 34.9. The summed E-state index contributed by atoms with van der Waals surface area (Å²) in [7, 11) is 0. The standard InChI is InChI=1S/C21H20N4O2/c26-20-18(14-15-6-2-1-3-7-15)25(13-12-24-20)21(27)17-9-5-4-8-16(17)19-22-10-11-23-19/h1-11,18H,12-14H2,(H,22,23)(H,24,26). The van der Waals surface area contributed by atoms with Crippen molar-refractivity contribution < 1.29 is 9.59 Å². The first-order valence-electron chi connectivity index (χ1n) is 8.95. The lowest BCUT2D eigenvalue weighted by Gasteiger charge is -2.35. The molecule has 27 heavy (non-hydrogen) atoms. The first-order valence-corrected chi connectivity index (χ1v) is 8.95. The Balaban J connectivity index is 1.66. The SMILES string of the molecule is O=C1NCCN(C(=O)c2ccccc2-c2ncc[nH]2)C1Cc1ccccc1. The van der Waals surface area contributed by atoms with Crippen LogP contribution in [-0.4, -0.2) is 45.8 Å². The Morgan fingerprint density at radius 1 is 1.11 bits per heavy atom. The molecule has 2 N–H and O–H groups in total. The van der Waals surface area contributed by atoms with E-state index in [1.807, 2.05) is 48.5 Å². The molecule has 6 nitrogen and oxygen atoms in total. The van der Waals surface area contributed by atoms with Crippen LogP contribution in [0.15, 0.2) is 67.0 Å². The minimum absolute atomic E-state index is 0.117. The Morgan fingerprint density at radius 3 is 2.67 bits per heavy atom. The Bertz CT molecular complexity index is 938. The normalized spacial score (nSPS) is 16.8. The number of imidazole rings is 1. The van der Waals surface area contributed by atoms with Crippen molar-refractivity contribution in [2.75, 3.05) is 13.1 Å². The van der Waals surface area contributed by atoms with Gasteiger partial charge < -0.3 is 15.2 Å². The molecule has 2 heterocycles. The van der Waals surface area contributed by atoms with Gasteiger partial charge in [-0.15, -0.1) is 0 Å². The van der Waals surface area contributed by atoms with E-state index in [9.17, 15) is 9.59 Å². The fraction of sp³-hybridized carbons (Fsp3) is 0.190. The summed E-state index contributed by atoms with van der Waals surface area (Å²) in [5, 5.41) is 2.88. The second-order valence-corrected chi connectivity index (χ2v) is 6.48. The van der Waals surface area contributed by atoms with E-state index in [0.717, 1.165) is 11.1 Å². The quantitative estimate of drug-likeness (QED) is 0.749. The van der Waals surface area contributed by atoms with Gasteiger partial charge in [0, 0.05) is 37.5 Å². The minimum Gasteiger partial charge on any atom is -0.353 e. The van der Waals surface area contributed by atoms with E-state index in [-0.39, 0.29) is 11.8 Å². The third-order valence-corrected chi connectivity index (χ3v) is 4.77. The van der Waals surface area contributed by atoms with E-state index >= 15 is 0 Å². The number of aromatic nitrogens is 2. The summed E-state index contributed by atoms with van der Waals surface area (Å²) in [6.45, 7) is 0.938. The van der Waals surface area contributed by atoms with Crippen LogP contribution < -0.4 is 5.32 Å². The molecule has 1 aromatic heterocycles. The fourth-order valence-electron chi connectivity index (χ4n) is 3.44. The van der Waals surface area contributed by atoms with Gasteiger partial charge in [-0.25, -0.2) is 4.98 Å². The number of aromatic amines is 1. The third-order valence-electron chi connectivity index (χ3n) is 4.77. The largest absolute Gasteiger partial charge is 0.353 e. The van der Waals surface area contributed by atoms with Crippen molar-refractivity contribution in [3.8, 4) is 11.4 Å². The molecule has 0 bridgehead atoms. The van der Waals surface area contributed by atoms with Crippen molar-refractivity contribution >= 4 is 11.8 Å². The highest BCUT2D eigenvalue weighted by Crippen LogP contribution is 2.23. The van der Waals surface area contributed by atoms with Gasteiger partial charge in [-0.2, -0.15) is 0 Å². The smallest absolute Gasteiger partial charge is 0.255 e. The molecular formula is C21H20N4O2. The average molecular weight is 360 g/mol. The molecular weight excluding hydrogens is 340 g/mol. The first kappa shape index (κ1) is 17.0. The molecule has 6 heteroatoms. The lowest BCUT2D eigenvalue weighted by atomic mass is 9.99. The molecule has 2 aromatic carbocycles. The number of nitrogens with one attached hydrogen (secondary N) is 2. The number of nitrogens with zero attached hydrogens (tertiary/aromatic N) is 2. The lowest BCUT2D eigenvalue weighted by molar-refractivity contribution is -0.127. The molecule has 4 rings (SSSR count). The van der Waals surface area contributed by atoms with Crippen LogP contribution in [0.3, 0.4) is 0 Å². The molecule has 1 atom stereocenters. The van der Waals surface area contributed by atoms with Gasteiger partial charge in [0.1, 0.15) is 11.9 Å². The summed E-state index contributed by atoms with van der Waals surface area (Å²) in [5.74, 6) is 0.367. The molecule has 1 unspecified atom stereocenters. The Hall–Kier alpha value is -3.41. The van der Waals surface area contributed by atoms with Crippen molar-refractivity contribution in [3.63, 3.8) is 0 Å². The van der Waals surface area contributed by atoms with Crippen LogP contribution in [0, 0.1) is 0 Å². The molecule has 0 aliphatic carbocycles. The van der Waals surface area contributed by atoms with E-state index in [0.29, 0.717) is 30.9 Å². The molecule has 3 aromatic rings. The van der Waals surface area contributed by atoms with Gasteiger partial charge in [0.15, 0.2) is 0 Å². The minimum atomic E-state index is -0.529. The van der Waals surface area contributed by atoms with Gasteiger partial charge in [-0.1, -0.05) is 48.5 Å². The topological polar surface area (TPSA) is 78.1 Å². The summed E-state index contributed by atoms with van der Waals surface area (Å²) < 4.78 is 0. The molecule has 1 aliphatic rings. The number of amides is 2. The van der Waals surface area contributed by atoms with Crippen LogP contribution in [0.2, 0.25) is 0 Å². The zero-order valence-corrected chi connectivity index (χ0v) is 14.8. The molecule has 0 spiro atoms. The number of rotatable bonds is 4. The maximum Gasteiger partial charge on any atom is 0.255 e. The van der Waals surface area contributed by atoms with Crippen LogP contribution in [0.1, 0.15) is 15.9 Å². The van der Waals surface area contributed by atoms with Crippen molar-refractivity contribution in [1.29, 1.82) is 0 Å². The van der Waals surface area contributed by atoms with Crippen LogP contribution >= 0.6 is 0 Å². The van der Waals surface area contributed by atoms with Crippen LogP contribution in [0.5, 0.6) is 0 Å². The Kier molecular flexibility index (Phi) is 4.70. The van der Waals surface area contributed by atoms with Gasteiger partial charge in [0.25, 0.3) is 5.91 Å². The van der Waals surface area contributed by atoms with Crippen LogP contribution in [0.25, 0.3) is 11.4 Å². The number of H-pyrrole nitrogens is 1. The van der Waals surface area contributed by atoms with Gasteiger partial charge in [-0.05, 0) is 11.6 Å². The van der Waals surface area contributed by atoms with E-state index in [1.54, 1.807) is 23.4 Å². The number of hydrogen-bond acceptors (Lipinski definition) is 3. The van der Waals surface area contributed by atoms with Crippen LogP contribution in [0.4, 0.5) is 0 Å². The van der Waals surface area contributed by atoms with Crippen molar-refractivity contribution in [2.24, 2.45) is 0 Å². The number of benzene rings is 2. The van der Waals surface area contributed by atoms with Crippen molar-refractivity contribution in [2.45, 2.75) is 12.5 Å². The van der Waals surface area contributed by atoms with Gasteiger partial charge in [0.05, 0.1) is 5.56 Å². The Labute approximate surface area is 157 Å². The molecule has 0 saturated carbocycles. The summed E-state index contributed by atoms with van der Waals surface area (Å²) in [6.07, 6.45) is 3.87. The predicted octanol–water partition coefficient (Wildman–Crippen LogP) is 2.26. The third kappa shape index (κ3) is 3.46. The number of hydrogen-bond donors (Lipinski definition) is 2. The van der Waals surface area contributed by atoms with E-state index in [4.69, 9.17) is 0 Å². The highest BCUT2D eigenvalue weighted by Gasteiger charge is 2.34. The van der Waals surface area contributed by atoms with E-state index < -0.39 is 6.04 Å². The zero-order chi connectivity index (χ0) is 18.6. The number of piperazine rings is 1. The van der Waals surface area contributed by atoms with Gasteiger partial charge in [0.2, 0.25) is 5.91 Å². The first-order chi connectivity index (χ1) is 13.2. The van der Waals surface area contributed by atoms with Gasteiger partial charge in [-0.3, -0.25) is 9.59 Å². The predicted molar refractivity (Wildman–Crippen MR) is 102 cm³/mol. The molecule has 1 fully saturated rings. The number of carbonyl (C=O) groups excluding carboxylic acids is 2. The average Bonchev–Trinajstić information content (AvgIpc) is 3.24. The number of carbonyl (C=O) groups is 2. The molecule has 1 saturated heterocycles. The Morgan fingerprint density at radius 2 is 1.89 bits per heavy atom. The highest BCUT2D eigenvalue weighted by molar-refractivity contribution is 6.02. The van der Waals surface area contributed by atoms with Gasteiger partial charge >= 0.3 is 0 Å². The van der Waals surface area contributed by atoms with Crippen LogP contribution in [-0.2, 0) is 11.2 Å². The maximum atomic E-state index is 13.4. The second-order valence-electron chi connectivity index (χ2n) is 6.48. The monoisotopic (exact) mass is 360 g/mol. The zero-order valence-electron chi connectivity index (χ0n) is 14.8. The molecule has 2 amide bonds. The summed E-state index contributed by atoms with van der Waals surface area (Å²) >= 11 is 0.